The van der Waals surface area contributed by atoms with Crippen LogP contribution in [0.1, 0.15) is 32.8 Å². The Bertz CT molecular complexity index is 505. The smallest absolute Gasteiger partial charge is 0.317 e. The zero-order valence-corrected chi connectivity index (χ0v) is 13.0. The number of ketones is 1. The molecule has 0 saturated carbocycles. The minimum absolute atomic E-state index is 0.0357. The molecule has 0 spiro atoms. The SMILES string of the molecule is CC(C)(C)OC(=O)C1CCN(Cc2ccccc2)CC1=O. The molecule has 0 aliphatic carbocycles. The van der Waals surface area contributed by atoms with Crippen LogP contribution in [0.5, 0.6) is 0 Å². The molecule has 1 aliphatic rings. The number of esters is 1. The number of hydrogen-bond acceptors (Lipinski definition) is 4. The Morgan fingerprint density at radius 3 is 2.52 bits per heavy atom. The summed E-state index contributed by atoms with van der Waals surface area (Å²) >= 11 is 0. The molecule has 1 saturated heterocycles. The topological polar surface area (TPSA) is 46.6 Å². The second-order valence-electron chi connectivity index (χ2n) is 6.54. The average Bonchev–Trinajstić information content (AvgIpc) is 2.37. The van der Waals surface area contributed by atoms with Crippen molar-refractivity contribution < 1.29 is 14.3 Å². The summed E-state index contributed by atoms with van der Waals surface area (Å²) in [4.78, 5) is 26.3. The van der Waals surface area contributed by atoms with Gasteiger partial charge in [-0.05, 0) is 32.8 Å². The van der Waals surface area contributed by atoms with E-state index in [0.717, 1.165) is 13.1 Å². The van der Waals surface area contributed by atoms with E-state index in [0.29, 0.717) is 13.0 Å². The van der Waals surface area contributed by atoms with Gasteiger partial charge < -0.3 is 4.74 Å². The van der Waals surface area contributed by atoms with E-state index in [4.69, 9.17) is 4.74 Å². The molecular weight excluding hydrogens is 266 g/mol. The van der Waals surface area contributed by atoms with Crippen molar-refractivity contribution in [1.29, 1.82) is 0 Å². The molecule has 0 aromatic heterocycles. The van der Waals surface area contributed by atoms with Crippen molar-refractivity contribution in [3.05, 3.63) is 35.9 Å². The van der Waals surface area contributed by atoms with Crippen molar-refractivity contribution in [1.82, 2.24) is 4.90 Å². The van der Waals surface area contributed by atoms with E-state index in [9.17, 15) is 9.59 Å². The van der Waals surface area contributed by atoms with Crippen LogP contribution in [-0.2, 0) is 20.9 Å². The van der Waals surface area contributed by atoms with Gasteiger partial charge in [0.25, 0.3) is 0 Å². The Hall–Kier alpha value is -1.68. The van der Waals surface area contributed by atoms with E-state index >= 15 is 0 Å². The quantitative estimate of drug-likeness (QED) is 0.633. The number of likely N-dealkylation sites (tertiary alicyclic amines) is 1. The number of carbonyl (C=O) groups is 2. The zero-order chi connectivity index (χ0) is 15.5. The number of Topliss-reactive ketones (excluding diaryl/α,β-unsaturated/α-hetero) is 1. The molecule has 0 N–H and O–H groups in total. The van der Waals surface area contributed by atoms with Crippen molar-refractivity contribution in [3.8, 4) is 0 Å². The van der Waals surface area contributed by atoms with Crippen molar-refractivity contribution >= 4 is 11.8 Å². The fourth-order valence-corrected chi connectivity index (χ4v) is 2.48. The number of rotatable bonds is 3. The van der Waals surface area contributed by atoms with Gasteiger partial charge in [-0.3, -0.25) is 14.5 Å². The molecule has 4 nitrogen and oxygen atoms in total. The third kappa shape index (κ3) is 4.67. The second-order valence-corrected chi connectivity index (χ2v) is 6.54. The van der Waals surface area contributed by atoms with Crippen LogP contribution in [0, 0.1) is 5.92 Å². The van der Waals surface area contributed by atoms with Gasteiger partial charge in [0.1, 0.15) is 11.5 Å². The van der Waals surface area contributed by atoms with E-state index in [2.05, 4.69) is 4.90 Å². The fraction of sp³-hybridized carbons (Fsp3) is 0.529. The second kappa shape index (κ2) is 6.39. The number of nitrogens with zero attached hydrogens (tertiary/aromatic N) is 1. The molecular formula is C17H23NO3. The van der Waals surface area contributed by atoms with E-state index in [-0.39, 0.29) is 11.8 Å². The van der Waals surface area contributed by atoms with Crippen LogP contribution in [0.4, 0.5) is 0 Å². The summed E-state index contributed by atoms with van der Waals surface area (Å²) < 4.78 is 5.32. The highest BCUT2D eigenvalue weighted by Crippen LogP contribution is 2.20. The number of piperidine rings is 1. The largest absolute Gasteiger partial charge is 0.459 e. The molecule has 1 heterocycles. The Kier molecular flexibility index (Phi) is 4.78. The van der Waals surface area contributed by atoms with Crippen LogP contribution in [-0.4, -0.2) is 35.3 Å². The Morgan fingerprint density at radius 2 is 1.95 bits per heavy atom. The van der Waals surface area contributed by atoms with Crippen molar-refractivity contribution in [2.45, 2.75) is 39.3 Å². The van der Waals surface area contributed by atoms with E-state index in [1.165, 1.54) is 5.56 Å². The fourth-order valence-electron chi connectivity index (χ4n) is 2.48. The first-order chi connectivity index (χ1) is 9.85. The minimum Gasteiger partial charge on any atom is -0.459 e. The number of benzene rings is 1. The lowest BCUT2D eigenvalue weighted by Gasteiger charge is -2.31. The standard InChI is InChI=1S/C17H23NO3/c1-17(2,3)21-16(20)14-9-10-18(12-15(14)19)11-13-7-5-4-6-8-13/h4-8,14H,9-12H2,1-3H3. The van der Waals surface area contributed by atoms with Gasteiger partial charge in [-0.2, -0.15) is 0 Å². The highest BCUT2D eigenvalue weighted by Gasteiger charge is 2.35. The zero-order valence-electron chi connectivity index (χ0n) is 13.0. The first-order valence-electron chi connectivity index (χ1n) is 7.37. The molecule has 1 fully saturated rings. The Morgan fingerprint density at radius 1 is 1.29 bits per heavy atom. The molecule has 1 aromatic rings. The molecule has 0 amide bonds. The van der Waals surface area contributed by atoms with Gasteiger partial charge in [-0.1, -0.05) is 30.3 Å². The summed E-state index contributed by atoms with van der Waals surface area (Å²) in [5, 5.41) is 0. The molecule has 114 valence electrons. The van der Waals surface area contributed by atoms with Crippen molar-refractivity contribution in [3.63, 3.8) is 0 Å². The summed E-state index contributed by atoms with van der Waals surface area (Å²) in [6, 6.07) is 10.0. The minimum atomic E-state index is -0.601. The molecule has 0 bridgehead atoms. The Balaban J connectivity index is 1.90. The summed E-state index contributed by atoms with van der Waals surface area (Å²) in [6.45, 7) is 7.26. The molecule has 0 radical (unpaired) electrons. The predicted molar refractivity (Wildman–Crippen MR) is 80.7 cm³/mol. The lowest BCUT2D eigenvalue weighted by Crippen LogP contribution is -2.45. The molecule has 1 unspecified atom stereocenters. The van der Waals surface area contributed by atoms with Gasteiger partial charge in [-0.15, -0.1) is 0 Å². The molecule has 2 rings (SSSR count). The van der Waals surface area contributed by atoms with E-state index in [1.807, 2.05) is 51.1 Å². The highest BCUT2D eigenvalue weighted by atomic mass is 16.6. The van der Waals surface area contributed by atoms with Gasteiger partial charge in [0.15, 0.2) is 5.78 Å². The van der Waals surface area contributed by atoms with Crippen LogP contribution >= 0.6 is 0 Å². The van der Waals surface area contributed by atoms with Crippen molar-refractivity contribution in [2.75, 3.05) is 13.1 Å². The van der Waals surface area contributed by atoms with Crippen LogP contribution < -0.4 is 0 Å². The summed E-state index contributed by atoms with van der Waals surface area (Å²) in [7, 11) is 0. The third-order valence-corrected chi connectivity index (χ3v) is 3.44. The van der Waals surface area contributed by atoms with E-state index in [1.54, 1.807) is 0 Å². The van der Waals surface area contributed by atoms with E-state index < -0.39 is 11.5 Å². The number of carbonyl (C=O) groups excluding carboxylic acids is 2. The maximum atomic E-state index is 12.2. The normalized spacial score (nSPS) is 20.3. The summed E-state index contributed by atoms with van der Waals surface area (Å²) in [5.74, 6) is -1.02. The van der Waals surface area contributed by atoms with Gasteiger partial charge in [0.2, 0.25) is 0 Å². The molecule has 1 aromatic carbocycles. The van der Waals surface area contributed by atoms with Crippen LogP contribution in [0.2, 0.25) is 0 Å². The van der Waals surface area contributed by atoms with Gasteiger partial charge >= 0.3 is 5.97 Å². The van der Waals surface area contributed by atoms with Gasteiger partial charge in [0, 0.05) is 13.1 Å². The molecule has 1 atom stereocenters. The summed E-state index contributed by atoms with van der Waals surface area (Å²) in [5.41, 5.74) is 0.638. The highest BCUT2D eigenvalue weighted by molar-refractivity contribution is 6.00. The number of ether oxygens (including phenoxy) is 1. The first-order valence-corrected chi connectivity index (χ1v) is 7.37. The maximum absolute atomic E-state index is 12.2. The molecule has 21 heavy (non-hydrogen) atoms. The Labute approximate surface area is 126 Å². The van der Waals surface area contributed by atoms with Crippen LogP contribution in [0.15, 0.2) is 30.3 Å². The van der Waals surface area contributed by atoms with Gasteiger partial charge in [-0.25, -0.2) is 0 Å². The average molecular weight is 289 g/mol. The van der Waals surface area contributed by atoms with Crippen LogP contribution in [0.25, 0.3) is 0 Å². The monoisotopic (exact) mass is 289 g/mol. The first kappa shape index (κ1) is 15.7. The predicted octanol–water partition coefficient (Wildman–Crippen LogP) is 2.42. The third-order valence-electron chi connectivity index (χ3n) is 3.44. The van der Waals surface area contributed by atoms with Gasteiger partial charge in [0.05, 0.1) is 6.54 Å². The lowest BCUT2D eigenvalue weighted by atomic mass is 9.95. The van der Waals surface area contributed by atoms with Crippen LogP contribution in [0.3, 0.4) is 0 Å². The van der Waals surface area contributed by atoms with Crippen molar-refractivity contribution in [2.24, 2.45) is 5.92 Å². The molecule has 4 heteroatoms. The molecule has 1 aliphatic heterocycles. The maximum Gasteiger partial charge on any atom is 0.317 e. The number of hydrogen-bond donors (Lipinski definition) is 0. The lowest BCUT2D eigenvalue weighted by molar-refractivity contribution is -0.163. The summed E-state index contributed by atoms with van der Waals surface area (Å²) in [6.07, 6.45) is 0.542.